The van der Waals surface area contributed by atoms with Gasteiger partial charge in [0, 0.05) is 42.4 Å². The number of para-hydroxylation sites is 1. The van der Waals surface area contributed by atoms with Gasteiger partial charge in [-0.05, 0) is 61.1 Å². The van der Waals surface area contributed by atoms with E-state index in [0.717, 1.165) is 23.0 Å². The molecule has 2 aromatic carbocycles. The van der Waals surface area contributed by atoms with E-state index in [1.807, 2.05) is 30.3 Å². The number of Topliss-reactive ketones (excluding diaryl/α,β-unsaturated/α-hetero) is 2. The molecule has 218 valence electrons. The van der Waals surface area contributed by atoms with Gasteiger partial charge in [0.15, 0.2) is 5.78 Å². The zero-order chi connectivity index (χ0) is 29.7. The smallest absolute Gasteiger partial charge is 0.345 e. The molecule has 0 radical (unpaired) electrons. The average molecular weight is 570 g/mol. The Morgan fingerprint density at radius 2 is 1.63 bits per heavy atom. The Balaban J connectivity index is 1.44. The first kappa shape index (κ1) is 30.3. The number of fused-ring (bicyclic) bond motifs is 1. The van der Waals surface area contributed by atoms with Gasteiger partial charge in [0.25, 0.3) is 0 Å². The Hall–Kier alpha value is -3.67. The second-order valence-electron chi connectivity index (χ2n) is 10.7. The molecule has 11 heteroatoms. The number of halogens is 3. The summed E-state index contributed by atoms with van der Waals surface area (Å²) < 4.78 is 39.1. The molecule has 8 nitrogen and oxygen atoms in total. The summed E-state index contributed by atoms with van der Waals surface area (Å²) in [6.45, 7) is 0. The zero-order valence-corrected chi connectivity index (χ0v) is 22.4. The van der Waals surface area contributed by atoms with Crippen molar-refractivity contribution in [3.63, 3.8) is 0 Å². The number of nitrogens with two attached hydrogens (primary N) is 3. The summed E-state index contributed by atoms with van der Waals surface area (Å²) in [5.74, 6) is -1.30. The van der Waals surface area contributed by atoms with Gasteiger partial charge < -0.3 is 22.5 Å². The number of aromatic nitrogens is 1. The predicted octanol–water partition coefficient (Wildman–Crippen LogP) is 2.83. The van der Waals surface area contributed by atoms with Crippen molar-refractivity contribution < 1.29 is 27.6 Å². The van der Waals surface area contributed by atoms with Crippen LogP contribution in [0.1, 0.15) is 42.4 Å². The van der Waals surface area contributed by atoms with Crippen LogP contribution in [0.4, 0.5) is 13.2 Å². The number of nitrogens with one attached hydrogen (secondary N) is 1. The molecule has 4 rings (SSSR count). The molecule has 0 saturated heterocycles. The fraction of sp³-hybridized carbons (Fsp3) is 0.400. The number of amides is 1. The molecule has 1 saturated carbocycles. The summed E-state index contributed by atoms with van der Waals surface area (Å²) in [5, 5.41) is 3.51. The average Bonchev–Trinajstić information content (AvgIpc) is 3.28. The third kappa shape index (κ3) is 7.96. The highest BCUT2D eigenvalue weighted by Gasteiger charge is 2.34. The second-order valence-corrected chi connectivity index (χ2v) is 10.7. The van der Waals surface area contributed by atoms with Crippen molar-refractivity contribution in [1.29, 1.82) is 0 Å². The van der Waals surface area contributed by atoms with Gasteiger partial charge in [0.1, 0.15) is 5.78 Å². The van der Waals surface area contributed by atoms with Crippen molar-refractivity contribution in [1.82, 2.24) is 10.3 Å². The van der Waals surface area contributed by atoms with E-state index in [-0.39, 0.29) is 55.3 Å². The van der Waals surface area contributed by atoms with E-state index in [9.17, 15) is 27.6 Å². The number of benzene rings is 2. The molecule has 7 N–H and O–H groups in total. The minimum Gasteiger partial charge on any atom is -0.345 e. The third-order valence-corrected chi connectivity index (χ3v) is 7.61. The highest BCUT2D eigenvalue weighted by atomic mass is 19.4. The van der Waals surface area contributed by atoms with Gasteiger partial charge in [0.05, 0.1) is 23.2 Å². The molecule has 1 aliphatic rings. The molecule has 1 heterocycles. The molecule has 1 aromatic heterocycles. The number of hydrogen-bond donors (Lipinski definition) is 4. The lowest BCUT2D eigenvalue weighted by Crippen LogP contribution is -2.49. The van der Waals surface area contributed by atoms with Crippen molar-refractivity contribution in [2.75, 3.05) is 0 Å². The summed E-state index contributed by atoms with van der Waals surface area (Å²) in [7, 11) is 0. The van der Waals surface area contributed by atoms with Crippen LogP contribution in [-0.2, 0) is 33.4 Å². The van der Waals surface area contributed by atoms with Gasteiger partial charge in [-0.3, -0.25) is 19.4 Å². The molecule has 1 amide bonds. The molecule has 41 heavy (non-hydrogen) atoms. The van der Waals surface area contributed by atoms with E-state index in [0.29, 0.717) is 24.0 Å². The van der Waals surface area contributed by atoms with Gasteiger partial charge >= 0.3 is 6.18 Å². The Bertz CT molecular complexity index is 1390. The van der Waals surface area contributed by atoms with E-state index >= 15 is 0 Å². The standard InChI is InChI=1S/C30H34F3N5O3/c31-30(32,33)21-7-5-17(6-8-21)12-26(28(40)13-18-11-19-3-1-2-4-25(19)37-16-18)38-29(41)22(34)9-10-27(39)20-14-23(35)24(36)15-20/h1-8,11,16,20,22-24,26H,9-10,12-15,34-36H2,(H,38,41)/t22-,23-,24-,26+/m0/s1. The maximum absolute atomic E-state index is 13.4. The predicted molar refractivity (Wildman–Crippen MR) is 148 cm³/mol. The maximum Gasteiger partial charge on any atom is 0.416 e. The van der Waals surface area contributed by atoms with Crippen LogP contribution in [0.2, 0.25) is 0 Å². The summed E-state index contributed by atoms with van der Waals surface area (Å²) >= 11 is 0. The molecule has 0 spiro atoms. The van der Waals surface area contributed by atoms with Gasteiger partial charge in [-0.1, -0.05) is 30.3 Å². The molecule has 1 fully saturated rings. The molecule has 4 atom stereocenters. The van der Waals surface area contributed by atoms with Crippen LogP contribution >= 0.6 is 0 Å². The molecular weight excluding hydrogens is 535 g/mol. The van der Waals surface area contributed by atoms with Crippen molar-refractivity contribution in [2.24, 2.45) is 23.1 Å². The van der Waals surface area contributed by atoms with Gasteiger partial charge in [-0.25, -0.2) is 0 Å². The quantitative estimate of drug-likeness (QED) is 0.277. The van der Waals surface area contributed by atoms with Crippen LogP contribution in [-0.4, -0.2) is 46.6 Å². The van der Waals surface area contributed by atoms with Gasteiger partial charge in [-0.15, -0.1) is 0 Å². The summed E-state index contributed by atoms with van der Waals surface area (Å²) in [4.78, 5) is 43.4. The number of alkyl halides is 3. The molecule has 0 unspecified atom stereocenters. The van der Waals surface area contributed by atoms with Crippen LogP contribution in [0, 0.1) is 5.92 Å². The monoisotopic (exact) mass is 569 g/mol. The Labute approximate surface area is 235 Å². The zero-order valence-electron chi connectivity index (χ0n) is 22.4. The fourth-order valence-corrected chi connectivity index (χ4v) is 5.13. The van der Waals surface area contributed by atoms with Crippen LogP contribution in [0.15, 0.2) is 60.8 Å². The van der Waals surface area contributed by atoms with Crippen molar-refractivity contribution in [2.45, 2.75) is 68.9 Å². The minimum absolute atomic E-state index is 0.0345. The number of pyridine rings is 1. The molecule has 3 aromatic rings. The van der Waals surface area contributed by atoms with Crippen LogP contribution in [0.25, 0.3) is 10.9 Å². The lowest BCUT2D eigenvalue weighted by Gasteiger charge is -2.21. The van der Waals surface area contributed by atoms with E-state index in [1.165, 1.54) is 12.1 Å². The summed E-state index contributed by atoms with van der Waals surface area (Å²) in [6.07, 6.45) is -1.88. The first-order valence-corrected chi connectivity index (χ1v) is 13.5. The highest BCUT2D eigenvalue weighted by Crippen LogP contribution is 2.29. The SMILES string of the molecule is N[C@@H](CCC(=O)C1C[C@H](N)[C@@H](N)C1)C(=O)N[C@H](Cc1ccc(C(F)(F)F)cc1)C(=O)Cc1cnc2ccccc2c1. The first-order valence-electron chi connectivity index (χ1n) is 13.5. The Morgan fingerprint density at radius 3 is 2.29 bits per heavy atom. The molecule has 0 aliphatic heterocycles. The van der Waals surface area contributed by atoms with E-state index in [4.69, 9.17) is 17.2 Å². The fourth-order valence-electron chi connectivity index (χ4n) is 5.13. The highest BCUT2D eigenvalue weighted by molar-refractivity contribution is 5.93. The van der Waals surface area contributed by atoms with E-state index in [2.05, 4.69) is 10.3 Å². The van der Waals surface area contributed by atoms with Crippen molar-refractivity contribution in [3.8, 4) is 0 Å². The van der Waals surface area contributed by atoms with Crippen LogP contribution in [0.3, 0.4) is 0 Å². The van der Waals surface area contributed by atoms with E-state index < -0.39 is 29.7 Å². The first-order chi connectivity index (χ1) is 19.4. The third-order valence-electron chi connectivity index (χ3n) is 7.61. The number of rotatable bonds is 11. The lowest BCUT2D eigenvalue weighted by atomic mass is 9.95. The Kier molecular flexibility index (Phi) is 9.52. The number of nitrogens with zero attached hydrogens (tertiary/aromatic N) is 1. The van der Waals surface area contributed by atoms with Crippen LogP contribution in [0.5, 0.6) is 0 Å². The molecule has 1 aliphatic carbocycles. The topological polar surface area (TPSA) is 154 Å². The maximum atomic E-state index is 13.4. The van der Waals surface area contributed by atoms with Gasteiger partial charge in [0.2, 0.25) is 5.91 Å². The summed E-state index contributed by atoms with van der Waals surface area (Å²) in [5.41, 5.74) is 18.9. The Morgan fingerprint density at radius 1 is 0.976 bits per heavy atom. The van der Waals surface area contributed by atoms with Crippen molar-refractivity contribution >= 4 is 28.4 Å². The number of hydrogen-bond acceptors (Lipinski definition) is 7. The largest absolute Gasteiger partial charge is 0.416 e. The van der Waals surface area contributed by atoms with Gasteiger partial charge in [-0.2, -0.15) is 13.2 Å². The van der Waals surface area contributed by atoms with Crippen molar-refractivity contribution in [3.05, 3.63) is 77.5 Å². The van der Waals surface area contributed by atoms with Crippen LogP contribution < -0.4 is 22.5 Å². The minimum atomic E-state index is -4.50. The number of ketones is 2. The molecule has 0 bridgehead atoms. The normalized spacial score (nSPS) is 19.2. The number of carbonyl (C=O) groups excluding carboxylic acids is 3. The molecular formula is C30H34F3N5O3. The lowest BCUT2D eigenvalue weighted by molar-refractivity contribution is -0.137. The van der Waals surface area contributed by atoms with E-state index in [1.54, 1.807) is 6.20 Å². The summed E-state index contributed by atoms with van der Waals surface area (Å²) in [6, 6.07) is 11.1. The number of carbonyl (C=O) groups is 3. The second kappa shape index (κ2) is 12.9.